The van der Waals surface area contributed by atoms with Crippen molar-refractivity contribution in [2.45, 2.75) is 13.0 Å². The van der Waals surface area contributed by atoms with E-state index in [4.69, 9.17) is 10.4 Å². The van der Waals surface area contributed by atoms with Crippen LogP contribution in [0.3, 0.4) is 0 Å². The topological polar surface area (TPSA) is 183 Å². The van der Waals surface area contributed by atoms with Gasteiger partial charge in [-0.3, -0.25) is 25.8 Å². The van der Waals surface area contributed by atoms with Gasteiger partial charge in [0.05, 0.1) is 22.9 Å². The van der Waals surface area contributed by atoms with Gasteiger partial charge in [0.2, 0.25) is 11.6 Å². The van der Waals surface area contributed by atoms with Crippen LogP contribution in [-0.2, 0) is 13.0 Å². The first-order valence-corrected chi connectivity index (χ1v) is 10.8. The Morgan fingerprint density at radius 3 is 2.81 bits per heavy atom. The number of nitrogens with two attached hydrogens (primary N) is 1. The van der Waals surface area contributed by atoms with Gasteiger partial charge in [-0.05, 0) is 28.4 Å². The van der Waals surface area contributed by atoms with E-state index in [-0.39, 0.29) is 35.3 Å². The molecule has 0 aliphatic carbocycles. The minimum Gasteiger partial charge on any atom is -0.378 e. The van der Waals surface area contributed by atoms with Crippen LogP contribution in [0.2, 0.25) is 0 Å². The second kappa shape index (κ2) is 9.17. The average molecular weight is 488 g/mol. The van der Waals surface area contributed by atoms with Crippen molar-refractivity contribution in [1.29, 1.82) is 0 Å². The van der Waals surface area contributed by atoms with Gasteiger partial charge in [-0.2, -0.15) is 4.68 Å². The van der Waals surface area contributed by atoms with E-state index in [1.54, 1.807) is 6.07 Å². The highest BCUT2D eigenvalue weighted by Crippen LogP contribution is 2.30. The largest absolute Gasteiger partial charge is 0.378 e. The number of carbonyl (C=O) groups is 1. The molecule has 0 saturated carbocycles. The second-order valence-corrected chi connectivity index (χ2v) is 7.94. The predicted molar refractivity (Wildman–Crippen MR) is 128 cm³/mol. The van der Waals surface area contributed by atoms with E-state index >= 15 is 0 Å². The highest BCUT2D eigenvalue weighted by atomic mass is 16.6. The van der Waals surface area contributed by atoms with E-state index < -0.39 is 10.8 Å². The van der Waals surface area contributed by atoms with Crippen LogP contribution in [0.1, 0.15) is 27.3 Å². The summed E-state index contributed by atoms with van der Waals surface area (Å²) < 4.78 is 6.02. The Morgan fingerprint density at radius 2 is 2.03 bits per heavy atom. The second-order valence-electron chi connectivity index (χ2n) is 7.94. The number of anilines is 2. The van der Waals surface area contributed by atoms with Crippen molar-refractivity contribution < 1.29 is 14.3 Å². The number of nitrogens with one attached hydrogen (secondary N) is 2. The van der Waals surface area contributed by atoms with E-state index in [0.29, 0.717) is 11.3 Å². The van der Waals surface area contributed by atoms with Crippen LogP contribution in [0, 0.1) is 10.1 Å². The molecule has 3 heterocycles. The molecule has 1 amide bonds. The molecule has 0 unspecified atom stereocenters. The lowest BCUT2D eigenvalue weighted by Crippen LogP contribution is -2.37. The fourth-order valence-electron chi connectivity index (χ4n) is 3.95. The Hall–Kier alpha value is -5.27. The quantitative estimate of drug-likeness (QED) is 0.242. The highest BCUT2D eigenvalue weighted by molar-refractivity contribution is 5.93. The Kier molecular flexibility index (Phi) is 5.74. The molecule has 4 aromatic rings. The van der Waals surface area contributed by atoms with Gasteiger partial charge in [0.25, 0.3) is 11.6 Å². The van der Waals surface area contributed by atoms with Gasteiger partial charge in [0.15, 0.2) is 5.69 Å². The zero-order chi connectivity index (χ0) is 25.2. The highest BCUT2D eigenvalue weighted by Gasteiger charge is 2.28. The zero-order valence-corrected chi connectivity index (χ0v) is 18.8. The first-order valence-electron chi connectivity index (χ1n) is 10.8. The number of nitrogens with zero attached hydrogens (tertiary/aromatic N) is 7. The number of amides is 1. The van der Waals surface area contributed by atoms with Gasteiger partial charge < -0.3 is 10.6 Å². The fraction of sp³-hybridized carbons (Fsp3) is 0.136. The van der Waals surface area contributed by atoms with Crippen molar-refractivity contribution in [3.05, 3.63) is 87.7 Å². The molecule has 0 saturated heterocycles. The number of hydrogen-bond donors (Lipinski definition) is 3. The smallest absolute Gasteiger partial charge is 0.292 e. The lowest BCUT2D eigenvalue weighted by atomic mass is 10.1. The number of nitro groups is 1. The zero-order valence-electron chi connectivity index (χ0n) is 18.8. The summed E-state index contributed by atoms with van der Waals surface area (Å²) in [5, 5.41) is 26.5. The van der Waals surface area contributed by atoms with Crippen molar-refractivity contribution in [2.24, 2.45) is 0 Å². The van der Waals surface area contributed by atoms with Crippen molar-refractivity contribution >= 4 is 28.8 Å². The summed E-state index contributed by atoms with van der Waals surface area (Å²) in [6, 6.07) is 13.8. The summed E-state index contributed by atoms with van der Waals surface area (Å²) in [7, 11) is 0. The number of para-hydroxylation sites is 1. The molecule has 14 heteroatoms. The molecule has 182 valence electrons. The third-order valence-electron chi connectivity index (χ3n) is 5.73. The lowest BCUT2D eigenvalue weighted by Gasteiger charge is -2.20. The number of hydrazine groups is 1. The molecule has 1 aliphatic rings. The third-order valence-corrected chi connectivity index (χ3v) is 5.73. The summed E-state index contributed by atoms with van der Waals surface area (Å²) in [5.74, 6) is -0.504. The van der Waals surface area contributed by atoms with E-state index in [1.165, 1.54) is 28.4 Å². The first kappa shape index (κ1) is 22.5. The van der Waals surface area contributed by atoms with Gasteiger partial charge >= 0.3 is 0 Å². The van der Waals surface area contributed by atoms with E-state index in [1.807, 2.05) is 18.2 Å². The summed E-state index contributed by atoms with van der Waals surface area (Å²) in [6.07, 6.45) is 0.859. The summed E-state index contributed by atoms with van der Waals surface area (Å²) in [4.78, 5) is 25.7. The fourth-order valence-corrected chi connectivity index (χ4v) is 3.95. The van der Waals surface area contributed by atoms with E-state index in [2.05, 4.69) is 49.0 Å². The van der Waals surface area contributed by atoms with Crippen LogP contribution in [0.5, 0.6) is 0 Å². The van der Waals surface area contributed by atoms with Gasteiger partial charge in [0.1, 0.15) is 0 Å². The summed E-state index contributed by atoms with van der Waals surface area (Å²) >= 11 is 0. The maximum atomic E-state index is 13.1. The molecule has 0 spiro atoms. The normalized spacial score (nSPS) is 12.3. The average Bonchev–Trinajstić information content (AvgIpc) is 3.61. The molecule has 4 N–H and O–H groups in total. The number of hydrogen-bond acceptors (Lipinski definition) is 11. The molecule has 0 fully saturated rings. The maximum Gasteiger partial charge on any atom is 0.292 e. The van der Waals surface area contributed by atoms with Crippen molar-refractivity contribution in [2.75, 3.05) is 17.2 Å². The number of aromatic nitrogens is 5. The summed E-state index contributed by atoms with van der Waals surface area (Å²) in [6.45, 7) is 4.85. The van der Waals surface area contributed by atoms with Crippen LogP contribution < -0.4 is 21.5 Å². The number of benzene rings is 2. The molecule has 1 aliphatic heterocycles. The van der Waals surface area contributed by atoms with Crippen LogP contribution in [-0.4, -0.2) is 42.7 Å². The maximum absolute atomic E-state index is 13.1. The molecular weight excluding hydrogens is 468 g/mol. The third kappa shape index (κ3) is 4.18. The Balaban J connectivity index is 1.40. The minimum absolute atomic E-state index is 0.00731. The van der Waals surface area contributed by atoms with E-state index in [9.17, 15) is 14.9 Å². The van der Waals surface area contributed by atoms with Crippen LogP contribution in [0.15, 0.2) is 59.7 Å². The number of non-ortho nitro benzene ring substituents is 1. The number of nitro benzene ring substituents is 1. The van der Waals surface area contributed by atoms with Gasteiger partial charge in [0, 0.05) is 29.9 Å². The van der Waals surface area contributed by atoms with Crippen molar-refractivity contribution in [1.82, 2.24) is 36.2 Å². The van der Waals surface area contributed by atoms with Crippen LogP contribution >= 0.6 is 0 Å². The Bertz CT molecular complexity index is 1480. The SMILES string of the molecule is C=C(NNC(=O)c1nnn(-c2nonc2N)c1CN1CCc2ccccc21)c1cccc([N+](=O)[O-])c1. The standard InChI is InChI=1S/C22H20N10O4/c1-13(15-6-4-7-16(11-15)32(34)35)24-26-22(33)19-18(31(29-25-19)21-20(23)27-36-28-21)12-30-10-9-14-5-2-3-8-17(14)30/h2-8,11,24H,1,9-10,12H2,(H2,23,27)(H,26,33). The lowest BCUT2D eigenvalue weighted by molar-refractivity contribution is -0.384. The van der Waals surface area contributed by atoms with Crippen LogP contribution in [0.4, 0.5) is 17.2 Å². The number of fused-ring (bicyclic) bond motifs is 1. The van der Waals surface area contributed by atoms with Crippen molar-refractivity contribution in [3.8, 4) is 5.82 Å². The molecule has 36 heavy (non-hydrogen) atoms. The monoisotopic (exact) mass is 488 g/mol. The molecule has 0 atom stereocenters. The van der Waals surface area contributed by atoms with E-state index in [0.717, 1.165) is 18.7 Å². The summed E-state index contributed by atoms with van der Waals surface area (Å²) in [5.41, 5.74) is 14.3. The molecule has 2 aromatic heterocycles. The van der Waals surface area contributed by atoms with Crippen molar-refractivity contribution in [3.63, 3.8) is 0 Å². The van der Waals surface area contributed by atoms with Gasteiger partial charge in [-0.1, -0.05) is 42.1 Å². The molecular formula is C22H20N10O4. The first-order chi connectivity index (χ1) is 17.4. The number of rotatable bonds is 8. The minimum atomic E-state index is -0.606. The number of nitrogen functional groups attached to an aromatic ring is 1. The molecule has 0 bridgehead atoms. The molecule has 14 nitrogen and oxygen atoms in total. The Labute approximate surface area is 203 Å². The molecule has 2 aromatic carbocycles. The number of carbonyl (C=O) groups excluding carboxylic acids is 1. The Morgan fingerprint density at radius 1 is 1.19 bits per heavy atom. The molecule has 5 rings (SSSR count). The van der Waals surface area contributed by atoms with Crippen LogP contribution in [0.25, 0.3) is 11.5 Å². The molecule has 0 radical (unpaired) electrons. The van der Waals surface area contributed by atoms with Gasteiger partial charge in [-0.25, -0.2) is 4.63 Å². The predicted octanol–water partition coefficient (Wildman–Crippen LogP) is 1.61. The van der Waals surface area contributed by atoms with Gasteiger partial charge in [-0.15, -0.1) is 5.10 Å².